The van der Waals surface area contributed by atoms with Crippen molar-refractivity contribution < 1.29 is 9.47 Å². The maximum atomic E-state index is 6.24. The number of hydrogen-bond donors (Lipinski definition) is 0. The van der Waals surface area contributed by atoms with E-state index in [0.29, 0.717) is 0 Å². The molecule has 0 heterocycles. The second-order valence-corrected chi connectivity index (χ2v) is 15.2. The topological polar surface area (TPSA) is 18.5 Å². The van der Waals surface area contributed by atoms with Gasteiger partial charge in [-0.15, -0.1) is 0 Å². The van der Waals surface area contributed by atoms with Crippen LogP contribution in [0.3, 0.4) is 0 Å². The first-order valence-electron chi connectivity index (χ1n) is 21.8. The summed E-state index contributed by atoms with van der Waals surface area (Å²) in [4.78, 5) is 0. The van der Waals surface area contributed by atoms with Crippen molar-refractivity contribution in [1.29, 1.82) is 0 Å². The first-order chi connectivity index (χ1) is 25.2. The van der Waals surface area contributed by atoms with E-state index < -0.39 is 0 Å². The minimum atomic E-state index is 0.120. The van der Waals surface area contributed by atoms with Crippen LogP contribution in [0.4, 0.5) is 0 Å². The minimum absolute atomic E-state index is 0.120. The maximum absolute atomic E-state index is 6.24. The quantitative estimate of drug-likeness (QED) is 0.0605. The standard InChI is InChI=1S/C49H76O2/c1-4-6-8-10-12-14-16-18-20-21-23-25-29-41-50-43(3)44-33-35-45(36-34-44)48-31-27-28-32-49(48)46-37-39-47(40-38-46)51-42-30-26-24-22-19-17-15-13-11-9-7-5-2/h27-28,31-40,43H,4-26,29-30,41-42H2,1-3H3. The van der Waals surface area contributed by atoms with Gasteiger partial charge in [-0.05, 0) is 59.7 Å². The summed E-state index contributed by atoms with van der Waals surface area (Å²) in [5.41, 5.74) is 6.23. The molecule has 0 saturated carbocycles. The number of rotatable bonds is 32. The number of hydrogen-bond acceptors (Lipinski definition) is 2. The van der Waals surface area contributed by atoms with Gasteiger partial charge in [0.25, 0.3) is 0 Å². The zero-order valence-electron chi connectivity index (χ0n) is 33.4. The SMILES string of the molecule is CCCCCCCCCCCCCCCOC(C)c1ccc(-c2ccccc2-c2ccc(OCCCCCCCCCCCCCC)cc2)cc1. The van der Waals surface area contributed by atoms with Gasteiger partial charge in [-0.1, -0.05) is 222 Å². The highest BCUT2D eigenvalue weighted by Gasteiger charge is 2.10. The first kappa shape index (κ1) is 42.8. The Balaban J connectivity index is 1.29. The highest BCUT2D eigenvalue weighted by Crippen LogP contribution is 2.34. The molecule has 2 heteroatoms. The Kier molecular flexibility index (Phi) is 24.3. The van der Waals surface area contributed by atoms with E-state index in [-0.39, 0.29) is 6.10 Å². The predicted octanol–water partition coefficient (Wildman–Crippen LogP) is 16.3. The van der Waals surface area contributed by atoms with Crippen molar-refractivity contribution in [2.24, 2.45) is 0 Å². The van der Waals surface area contributed by atoms with Crippen LogP contribution in [0.25, 0.3) is 22.3 Å². The van der Waals surface area contributed by atoms with E-state index in [4.69, 9.17) is 9.47 Å². The lowest BCUT2D eigenvalue weighted by atomic mass is 9.94. The third-order valence-electron chi connectivity index (χ3n) is 10.7. The summed E-state index contributed by atoms with van der Waals surface area (Å²) in [6.45, 7) is 8.43. The summed E-state index contributed by atoms with van der Waals surface area (Å²) in [5.74, 6) is 0.969. The maximum Gasteiger partial charge on any atom is 0.119 e. The van der Waals surface area contributed by atoms with Crippen molar-refractivity contribution in [3.8, 4) is 28.0 Å². The van der Waals surface area contributed by atoms with E-state index in [0.717, 1.165) is 31.8 Å². The molecule has 0 fully saturated rings. The molecule has 0 aliphatic rings. The van der Waals surface area contributed by atoms with Gasteiger partial charge in [0.05, 0.1) is 12.7 Å². The molecular formula is C49H76O2. The van der Waals surface area contributed by atoms with Gasteiger partial charge in [0.2, 0.25) is 0 Å². The van der Waals surface area contributed by atoms with E-state index in [9.17, 15) is 0 Å². The molecule has 0 saturated heterocycles. The molecular weight excluding hydrogens is 621 g/mol. The molecule has 0 aliphatic carbocycles. The fraction of sp³-hybridized carbons (Fsp3) is 0.633. The average Bonchev–Trinajstić information content (AvgIpc) is 3.17. The molecule has 1 unspecified atom stereocenters. The first-order valence-corrected chi connectivity index (χ1v) is 21.8. The van der Waals surface area contributed by atoms with Crippen LogP contribution in [-0.2, 0) is 4.74 Å². The van der Waals surface area contributed by atoms with Crippen molar-refractivity contribution in [3.63, 3.8) is 0 Å². The van der Waals surface area contributed by atoms with Crippen molar-refractivity contribution >= 4 is 0 Å². The highest BCUT2D eigenvalue weighted by atomic mass is 16.5. The molecule has 1 atom stereocenters. The third kappa shape index (κ3) is 19.2. The Labute approximate surface area is 315 Å². The summed E-state index contributed by atoms with van der Waals surface area (Å²) < 4.78 is 12.4. The van der Waals surface area contributed by atoms with Gasteiger partial charge in [-0.2, -0.15) is 0 Å². The van der Waals surface area contributed by atoms with E-state index in [2.05, 4.69) is 93.6 Å². The van der Waals surface area contributed by atoms with Crippen LogP contribution in [0.2, 0.25) is 0 Å². The van der Waals surface area contributed by atoms with Crippen molar-refractivity contribution in [1.82, 2.24) is 0 Å². The molecule has 0 spiro atoms. The second kappa shape index (κ2) is 28.9. The molecule has 0 aliphatic heterocycles. The Morgan fingerprint density at radius 3 is 1.16 bits per heavy atom. The minimum Gasteiger partial charge on any atom is -0.494 e. The van der Waals surface area contributed by atoms with Crippen LogP contribution in [-0.4, -0.2) is 13.2 Å². The monoisotopic (exact) mass is 697 g/mol. The van der Waals surface area contributed by atoms with Gasteiger partial charge in [0.1, 0.15) is 5.75 Å². The molecule has 0 bridgehead atoms. The van der Waals surface area contributed by atoms with E-state index in [1.54, 1.807) is 0 Å². The van der Waals surface area contributed by atoms with Crippen LogP contribution in [0.1, 0.15) is 193 Å². The van der Waals surface area contributed by atoms with Crippen LogP contribution in [0, 0.1) is 0 Å². The number of ether oxygens (including phenoxy) is 2. The van der Waals surface area contributed by atoms with Gasteiger partial charge >= 0.3 is 0 Å². The Morgan fingerprint density at radius 1 is 0.392 bits per heavy atom. The van der Waals surface area contributed by atoms with Gasteiger partial charge in [-0.25, -0.2) is 0 Å². The number of benzene rings is 3. The summed E-state index contributed by atoms with van der Waals surface area (Å²) in [6, 6.07) is 26.4. The second-order valence-electron chi connectivity index (χ2n) is 15.2. The normalized spacial score (nSPS) is 12.0. The molecule has 0 N–H and O–H groups in total. The lowest BCUT2D eigenvalue weighted by molar-refractivity contribution is 0.0627. The van der Waals surface area contributed by atoms with Gasteiger partial charge in [-0.3, -0.25) is 0 Å². The van der Waals surface area contributed by atoms with Crippen LogP contribution >= 0.6 is 0 Å². The summed E-state index contributed by atoms with van der Waals surface area (Å²) >= 11 is 0. The molecule has 284 valence electrons. The fourth-order valence-electron chi connectivity index (χ4n) is 7.26. The van der Waals surface area contributed by atoms with Crippen molar-refractivity contribution in [2.45, 2.75) is 187 Å². The molecule has 0 amide bonds. The third-order valence-corrected chi connectivity index (χ3v) is 10.7. The largest absolute Gasteiger partial charge is 0.494 e. The lowest BCUT2D eigenvalue weighted by Crippen LogP contribution is -2.02. The molecule has 51 heavy (non-hydrogen) atoms. The van der Waals surface area contributed by atoms with Crippen LogP contribution in [0.15, 0.2) is 72.8 Å². The molecule has 3 aromatic rings. The van der Waals surface area contributed by atoms with E-state index in [1.807, 2.05) is 0 Å². The summed E-state index contributed by atoms with van der Waals surface area (Å²) in [7, 11) is 0. The van der Waals surface area contributed by atoms with Crippen molar-refractivity contribution in [2.75, 3.05) is 13.2 Å². The van der Waals surface area contributed by atoms with E-state index in [1.165, 1.54) is 175 Å². The molecule has 0 radical (unpaired) electrons. The summed E-state index contributed by atoms with van der Waals surface area (Å²) in [5, 5.41) is 0. The van der Waals surface area contributed by atoms with Crippen LogP contribution in [0.5, 0.6) is 5.75 Å². The fourth-order valence-corrected chi connectivity index (χ4v) is 7.26. The van der Waals surface area contributed by atoms with Gasteiger partial charge in [0.15, 0.2) is 0 Å². The highest BCUT2D eigenvalue weighted by molar-refractivity contribution is 5.83. The molecule has 0 aromatic heterocycles. The van der Waals surface area contributed by atoms with E-state index >= 15 is 0 Å². The predicted molar refractivity (Wildman–Crippen MR) is 224 cm³/mol. The molecule has 2 nitrogen and oxygen atoms in total. The number of unbranched alkanes of at least 4 members (excludes halogenated alkanes) is 23. The van der Waals surface area contributed by atoms with Crippen molar-refractivity contribution in [3.05, 3.63) is 78.4 Å². The van der Waals surface area contributed by atoms with Crippen LogP contribution < -0.4 is 4.74 Å². The Morgan fingerprint density at radius 2 is 0.745 bits per heavy atom. The lowest BCUT2D eigenvalue weighted by Gasteiger charge is -2.15. The Bertz CT molecular complexity index is 1210. The average molecular weight is 697 g/mol. The Hall–Kier alpha value is -2.58. The van der Waals surface area contributed by atoms with Gasteiger partial charge in [0, 0.05) is 6.61 Å². The molecule has 3 rings (SSSR count). The van der Waals surface area contributed by atoms with Gasteiger partial charge < -0.3 is 9.47 Å². The smallest absolute Gasteiger partial charge is 0.119 e. The zero-order chi connectivity index (χ0) is 36.0. The summed E-state index contributed by atoms with van der Waals surface area (Å²) in [6.07, 6.45) is 34.4. The molecule has 3 aromatic carbocycles. The zero-order valence-corrected chi connectivity index (χ0v) is 33.4.